The lowest BCUT2D eigenvalue weighted by Crippen LogP contribution is -2.02. The molecule has 3 rings (SSSR count). The quantitative estimate of drug-likeness (QED) is 0.800. The summed E-state index contributed by atoms with van der Waals surface area (Å²) in [5, 5.41) is 11.0. The predicted molar refractivity (Wildman–Crippen MR) is 79.7 cm³/mol. The molecule has 0 amide bonds. The number of halogens is 1. The minimum atomic E-state index is -0.567. The number of nitrogens with zero attached hydrogens (tertiary/aromatic N) is 2. The van der Waals surface area contributed by atoms with Gasteiger partial charge in [-0.2, -0.15) is 0 Å². The van der Waals surface area contributed by atoms with Crippen molar-refractivity contribution in [2.24, 2.45) is 0 Å². The van der Waals surface area contributed by atoms with Gasteiger partial charge in [0, 0.05) is 23.8 Å². The number of aromatic nitrogens is 2. The molecule has 0 spiro atoms. The Kier molecular flexibility index (Phi) is 3.63. The lowest BCUT2D eigenvalue weighted by atomic mass is 10.0. The van der Waals surface area contributed by atoms with E-state index in [1.54, 1.807) is 12.4 Å². The molecule has 0 aliphatic heterocycles. The van der Waals surface area contributed by atoms with Gasteiger partial charge < -0.3 is 5.11 Å². The van der Waals surface area contributed by atoms with Gasteiger partial charge in [-0.25, -0.2) is 0 Å². The van der Waals surface area contributed by atoms with Crippen LogP contribution in [0.1, 0.15) is 17.2 Å². The number of hydrogen-bond acceptors (Lipinski definition) is 3. The topological polar surface area (TPSA) is 46.0 Å². The van der Waals surface area contributed by atoms with Crippen molar-refractivity contribution in [3.05, 3.63) is 71.0 Å². The minimum absolute atomic E-state index is 0.545. The molecule has 3 nitrogen and oxygen atoms in total. The van der Waals surface area contributed by atoms with E-state index >= 15 is 0 Å². The number of rotatable bonds is 3. The maximum Gasteiger partial charge on any atom is 0.0890 e. The first kappa shape index (κ1) is 13.0. The monoisotopic (exact) mass is 284 g/mol. The van der Waals surface area contributed by atoms with E-state index in [9.17, 15) is 5.11 Å². The zero-order valence-electron chi connectivity index (χ0n) is 10.7. The summed E-state index contributed by atoms with van der Waals surface area (Å²) in [5.41, 5.74) is 3.50. The fraction of sp³-hybridized carbons (Fsp3) is 0.125. The van der Waals surface area contributed by atoms with Crippen molar-refractivity contribution in [1.29, 1.82) is 0 Å². The highest BCUT2D eigenvalue weighted by Gasteiger charge is 2.10. The van der Waals surface area contributed by atoms with Crippen molar-refractivity contribution in [3.63, 3.8) is 0 Å². The highest BCUT2D eigenvalue weighted by Crippen LogP contribution is 2.22. The molecule has 0 bridgehead atoms. The predicted octanol–water partition coefficient (Wildman–Crippen LogP) is 3.56. The molecule has 0 saturated heterocycles. The standard InChI is InChI=1S/C16H13ClN2O/c17-13-4-1-11(2-5-13)9-16(20)12-3-6-14-15(10-12)19-8-7-18-14/h1-8,10,16,20H,9H2. The fourth-order valence-corrected chi connectivity index (χ4v) is 2.28. The highest BCUT2D eigenvalue weighted by molar-refractivity contribution is 6.30. The lowest BCUT2D eigenvalue weighted by molar-refractivity contribution is 0.178. The Labute approximate surface area is 121 Å². The zero-order chi connectivity index (χ0) is 13.9. The van der Waals surface area contributed by atoms with Crippen molar-refractivity contribution < 1.29 is 5.11 Å². The SMILES string of the molecule is OC(Cc1ccc(Cl)cc1)c1ccc2nccnc2c1. The van der Waals surface area contributed by atoms with Crippen LogP contribution in [0.5, 0.6) is 0 Å². The molecule has 2 aromatic carbocycles. The average Bonchev–Trinajstić information content (AvgIpc) is 2.49. The molecule has 0 aliphatic carbocycles. The zero-order valence-corrected chi connectivity index (χ0v) is 11.5. The van der Waals surface area contributed by atoms with Crippen LogP contribution in [0.3, 0.4) is 0 Å². The van der Waals surface area contributed by atoms with E-state index in [2.05, 4.69) is 9.97 Å². The molecular formula is C16H13ClN2O. The third-order valence-corrected chi connectivity index (χ3v) is 3.47. The number of hydrogen-bond donors (Lipinski definition) is 1. The van der Waals surface area contributed by atoms with Crippen molar-refractivity contribution >= 4 is 22.6 Å². The third kappa shape index (κ3) is 2.79. The van der Waals surface area contributed by atoms with Crippen molar-refractivity contribution in [2.45, 2.75) is 12.5 Å². The maximum atomic E-state index is 10.3. The fourth-order valence-electron chi connectivity index (χ4n) is 2.15. The second kappa shape index (κ2) is 5.57. The molecule has 0 aliphatic rings. The Morgan fingerprint density at radius 2 is 1.65 bits per heavy atom. The van der Waals surface area contributed by atoms with Gasteiger partial charge in [-0.15, -0.1) is 0 Å². The normalized spacial score (nSPS) is 12.5. The molecule has 4 heteroatoms. The molecule has 1 atom stereocenters. The number of fused-ring (bicyclic) bond motifs is 1. The van der Waals surface area contributed by atoms with E-state index in [1.807, 2.05) is 42.5 Å². The van der Waals surface area contributed by atoms with E-state index in [4.69, 9.17) is 11.6 Å². The van der Waals surface area contributed by atoms with Crippen LogP contribution in [-0.4, -0.2) is 15.1 Å². The minimum Gasteiger partial charge on any atom is -0.388 e. The van der Waals surface area contributed by atoms with Gasteiger partial charge in [0.1, 0.15) is 0 Å². The van der Waals surface area contributed by atoms with Gasteiger partial charge in [-0.3, -0.25) is 9.97 Å². The summed E-state index contributed by atoms with van der Waals surface area (Å²) < 4.78 is 0. The van der Waals surface area contributed by atoms with Crippen molar-refractivity contribution in [3.8, 4) is 0 Å². The van der Waals surface area contributed by atoms with E-state index in [0.717, 1.165) is 22.2 Å². The Morgan fingerprint density at radius 3 is 2.40 bits per heavy atom. The van der Waals surface area contributed by atoms with Gasteiger partial charge in [0.25, 0.3) is 0 Å². The Balaban J connectivity index is 1.84. The molecule has 1 N–H and O–H groups in total. The van der Waals surface area contributed by atoms with E-state index in [1.165, 1.54) is 0 Å². The van der Waals surface area contributed by atoms with Crippen LogP contribution in [-0.2, 0) is 6.42 Å². The molecule has 20 heavy (non-hydrogen) atoms. The van der Waals surface area contributed by atoms with Gasteiger partial charge in [0.05, 0.1) is 17.1 Å². The number of aliphatic hydroxyl groups excluding tert-OH is 1. The first-order chi connectivity index (χ1) is 9.72. The van der Waals surface area contributed by atoms with Gasteiger partial charge >= 0.3 is 0 Å². The average molecular weight is 285 g/mol. The van der Waals surface area contributed by atoms with Crippen molar-refractivity contribution in [1.82, 2.24) is 9.97 Å². The van der Waals surface area contributed by atoms with Crippen LogP contribution in [0.15, 0.2) is 54.9 Å². The van der Waals surface area contributed by atoms with Crippen LogP contribution >= 0.6 is 11.6 Å². The maximum absolute atomic E-state index is 10.3. The molecule has 0 saturated carbocycles. The lowest BCUT2D eigenvalue weighted by Gasteiger charge is -2.11. The second-order valence-electron chi connectivity index (χ2n) is 4.65. The van der Waals surface area contributed by atoms with Gasteiger partial charge in [-0.05, 0) is 35.4 Å². The summed E-state index contributed by atoms with van der Waals surface area (Å²) in [7, 11) is 0. The summed E-state index contributed by atoms with van der Waals surface area (Å²) in [4.78, 5) is 8.47. The summed E-state index contributed by atoms with van der Waals surface area (Å²) in [6.07, 6.45) is 3.29. The largest absolute Gasteiger partial charge is 0.388 e. The number of benzene rings is 2. The third-order valence-electron chi connectivity index (χ3n) is 3.22. The summed E-state index contributed by atoms with van der Waals surface area (Å²) in [5.74, 6) is 0. The molecule has 0 radical (unpaired) electrons. The van der Waals surface area contributed by atoms with Gasteiger partial charge in [-0.1, -0.05) is 29.8 Å². The highest BCUT2D eigenvalue weighted by atomic mass is 35.5. The molecule has 1 heterocycles. The molecular weight excluding hydrogens is 272 g/mol. The summed E-state index contributed by atoms with van der Waals surface area (Å²) in [6.45, 7) is 0. The second-order valence-corrected chi connectivity index (χ2v) is 5.09. The smallest absolute Gasteiger partial charge is 0.0890 e. The first-order valence-corrected chi connectivity index (χ1v) is 6.73. The van der Waals surface area contributed by atoms with Crippen LogP contribution < -0.4 is 0 Å². The van der Waals surface area contributed by atoms with Crippen LogP contribution in [0.4, 0.5) is 0 Å². The Bertz CT molecular complexity index is 728. The Morgan fingerprint density at radius 1 is 0.950 bits per heavy atom. The molecule has 3 aromatic rings. The number of aliphatic hydroxyl groups is 1. The van der Waals surface area contributed by atoms with Crippen LogP contribution in [0.25, 0.3) is 11.0 Å². The van der Waals surface area contributed by atoms with Crippen molar-refractivity contribution in [2.75, 3.05) is 0 Å². The summed E-state index contributed by atoms with van der Waals surface area (Å²) >= 11 is 5.85. The van der Waals surface area contributed by atoms with Crippen LogP contribution in [0.2, 0.25) is 5.02 Å². The van der Waals surface area contributed by atoms with E-state index in [-0.39, 0.29) is 0 Å². The van der Waals surface area contributed by atoms with E-state index < -0.39 is 6.10 Å². The van der Waals surface area contributed by atoms with Crippen LogP contribution in [0, 0.1) is 0 Å². The molecule has 1 unspecified atom stereocenters. The van der Waals surface area contributed by atoms with E-state index in [0.29, 0.717) is 11.4 Å². The van der Waals surface area contributed by atoms with Gasteiger partial charge in [0.2, 0.25) is 0 Å². The summed E-state index contributed by atoms with van der Waals surface area (Å²) in [6, 6.07) is 13.1. The molecule has 100 valence electrons. The molecule has 1 aromatic heterocycles. The Hall–Kier alpha value is -1.97. The molecule has 0 fully saturated rings. The first-order valence-electron chi connectivity index (χ1n) is 6.35. The van der Waals surface area contributed by atoms with Gasteiger partial charge in [0.15, 0.2) is 0 Å².